The van der Waals surface area contributed by atoms with Crippen molar-refractivity contribution < 1.29 is 19.3 Å². The van der Waals surface area contributed by atoms with E-state index in [-0.39, 0.29) is 0 Å². The molecule has 2 heterocycles. The molecule has 0 bridgehead atoms. The first-order valence-electron chi connectivity index (χ1n) is 5.10. The molecule has 1 fully saturated rings. The van der Waals surface area contributed by atoms with Crippen molar-refractivity contribution in [3.8, 4) is 0 Å². The molecule has 0 radical (unpaired) electrons. The molecule has 9 heteroatoms. The Balaban J connectivity index is 2.41. The highest BCUT2D eigenvalue weighted by molar-refractivity contribution is 4.98. The van der Waals surface area contributed by atoms with Crippen molar-refractivity contribution in [2.75, 3.05) is 6.61 Å². The summed E-state index contributed by atoms with van der Waals surface area (Å²) < 4.78 is 19.5. The molecule has 18 heavy (non-hydrogen) atoms. The van der Waals surface area contributed by atoms with E-state index in [1.165, 1.54) is 0 Å². The molecule has 0 amide bonds. The van der Waals surface area contributed by atoms with Crippen LogP contribution in [0.2, 0.25) is 0 Å². The smallest absolute Gasteiger partial charge is 0.330 e. The van der Waals surface area contributed by atoms with Gasteiger partial charge in [-0.25, -0.2) is 9.18 Å². The Morgan fingerprint density at radius 1 is 1.61 bits per heavy atom. The molecule has 1 aromatic heterocycles. The number of H-pyrrole nitrogens is 1. The zero-order chi connectivity index (χ0) is 13.5. The van der Waals surface area contributed by atoms with E-state index in [0.717, 1.165) is 16.8 Å². The molecule has 0 spiro atoms. The monoisotopic (exact) mass is 261 g/mol. The summed E-state index contributed by atoms with van der Waals surface area (Å²) in [6.07, 6.45) is -4.28. The minimum Gasteiger partial charge on any atom is -0.392 e. The van der Waals surface area contributed by atoms with Crippen molar-refractivity contribution in [2.24, 2.45) is 5.73 Å². The maximum atomic E-state index is 13.8. The fourth-order valence-corrected chi connectivity index (χ4v) is 1.75. The van der Waals surface area contributed by atoms with Gasteiger partial charge in [-0.2, -0.15) is 0 Å². The molecule has 1 aliphatic rings. The first-order valence-corrected chi connectivity index (χ1v) is 5.10. The summed E-state index contributed by atoms with van der Waals surface area (Å²) in [5.41, 5.74) is 1.92. The summed E-state index contributed by atoms with van der Waals surface area (Å²) in [6, 6.07) is 0.999. The number of aliphatic hydroxyl groups is 2. The molecule has 0 saturated carbocycles. The van der Waals surface area contributed by atoms with Crippen molar-refractivity contribution in [3.05, 3.63) is 33.1 Å². The molecule has 1 saturated heterocycles. The summed E-state index contributed by atoms with van der Waals surface area (Å²) in [5.74, 6) is 0. The van der Waals surface area contributed by atoms with Gasteiger partial charge in [-0.1, -0.05) is 0 Å². The van der Waals surface area contributed by atoms with E-state index in [1.54, 1.807) is 0 Å². The molecular formula is C9H12FN3O5. The summed E-state index contributed by atoms with van der Waals surface area (Å²) in [7, 11) is 0. The molecule has 100 valence electrons. The summed E-state index contributed by atoms with van der Waals surface area (Å²) in [4.78, 5) is 24.2. The Kier molecular flexibility index (Phi) is 3.07. The predicted molar refractivity (Wildman–Crippen MR) is 56.4 cm³/mol. The Bertz CT molecular complexity index is 558. The number of rotatable bonds is 2. The Morgan fingerprint density at radius 2 is 2.28 bits per heavy atom. The van der Waals surface area contributed by atoms with Gasteiger partial charge in [0.25, 0.3) is 5.56 Å². The molecule has 0 aromatic carbocycles. The number of nitrogens with zero attached hydrogens (tertiary/aromatic N) is 1. The number of ether oxygens (including phenoxy) is 1. The SMILES string of the molecule is N[C@]1(CO)OC(n2ccc(=O)[nH]c2=O)[C@H](F)[C@@H]1O. The van der Waals surface area contributed by atoms with Gasteiger partial charge in [-0.3, -0.25) is 20.1 Å². The number of hydrogen-bond acceptors (Lipinski definition) is 6. The molecule has 8 nitrogen and oxygen atoms in total. The Morgan fingerprint density at radius 3 is 2.78 bits per heavy atom. The minimum atomic E-state index is -2.01. The van der Waals surface area contributed by atoms with Gasteiger partial charge in [0.2, 0.25) is 0 Å². The van der Waals surface area contributed by atoms with Gasteiger partial charge < -0.3 is 14.9 Å². The topological polar surface area (TPSA) is 131 Å². The fourth-order valence-electron chi connectivity index (χ4n) is 1.75. The quantitative estimate of drug-likeness (QED) is 0.462. The van der Waals surface area contributed by atoms with Gasteiger partial charge in [-0.05, 0) is 0 Å². The van der Waals surface area contributed by atoms with Crippen molar-refractivity contribution >= 4 is 0 Å². The molecule has 1 aromatic rings. The number of nitrogens with two attached hydrogens (primary N) is 1. The lowest BCUT2D eigenvalue weighted by Gasteiger charge is -2.24. The zero-order valence-electron chi connectivity index (χ0n) is 9.12. The Hall–Kier alpha value is -1.55. The molecular weight excluding hydrogens is 249 g/mol. The fraction of sp³-hybridized carbons (Fsp3) is 0.556. The number of halogens is 1. The standard InChI is InChI=1S/C9H12FN3O5/c10-5-6(16)9(11,3-14)18-7(5)13-2-1-4(15)12-8(13)17/h1-2,5-7,14,16H,3,11H2,(H,12,15,17)/t5-,6+,7?,9-/m1/s1. The number of aromatic amines is 1. The predicted octanol–water partition coefficient (Wildman–Crippen LogP) is -2.59. The number of aliphatic hydroxyl groups excluding tert-OH is 2. The van der Waals surface area contributed by atoms with E-state index in [4.69, 9.17) is 15.6 Å². The van der Waals surface area contributed by atoms with Crippen LogP contribution in [0.1, 0.15) is 6.23 Å². The lowest BCUT2D eigenvalue weighted by atomic mass is 10.1. The summed E-state index contributed by atoms with van der Waals surface area (Å²) in [6.45, 7) is -0.816. The van der Waals surface area contributed by atoms with Crippen molar-refractivity contribution in [1.29, 1.82) is 0 Å². The third-order valence-electron chi connectivity index (χ3n) is 2.79. The first kappa shape index (κ1) is 12.9. The lowest BCUT2D eigenvalue weighted by Crippen LogP contribution is -2.53. The van der Waals surface area contributed by atoms with E-state index >= 15 is 0 Å². The normalized spacial score (nSPS) is 35.9. The van der Waals surface area contributed by atoms with Crippen molar-refractivity contribution in [3.63, 3.8) is 0 Å². The highest BCUT2D eigenvalue weighted by Crippen LogP contribution is 2.34. The van der Waals surface area contributed by atoms with E-state index in [1.807, 2.05) is 4.98 Å². The van der Waals surface area contributed by atoms with E-state index in [9.17, 15) is 19.1 Å². The third-order valence-corrected chi connectivity index (χ3v) is 2.79. The van der Waals surface area contributed by atoms with Gasteiger partial charge in [0.05, 0.1) is 6.61 Å². The van der Waals surface area contributed by atoms with E-state index < -0.39 is 42.1 Å². The van der Waals surface area contributed by atoms with Gasteiger partial charge in [0.15, 0.2) is 18.1 Å². The first-order chi connectivity index (χ1) is 8.39. The van der Waals surface area contributed by atoms with Crippen LogP contribution in [-0.4, -0.2) is 44.4 Å². The lowest BCUT2D eigenvalue weighted by molar-refractivity contribution is -0.125. The van der Waals surface area contributed by atoms with Crippen LogP contribution in [0.4, 0.5) is 4.39 Å². The highest BCUT2D eigenvalue weighted by Gasteiger charge is 2.53. The van der Waals surface area contributed by atoms with Crippen molar-refractivity contribution in [2.45, 2.75) is 24.2 Å². The van der Waals surface area contributed by atoms with Crippen LogP contribution < -0.4 is 17.0 Å². The summed E-state index contributed by atoms with van der Waals surface area (Å²) >= 11 is 0. The second-order valence-electron chi connectivity index (χ2n) is 4.03. The van der Waals surface area contributed by atoms with Gasteiger partial charge in [-0.15, -0.1) is 0 Å². The van der Waals surface area contributed by atoms with E-state index in [0.29, 0.717) is 0 Å². The number of alkyl halides is 1. The average Bonchev–Trinajstić information content (AvgIpc) is 2.55. The van der Waals surface area contributed by atoms with Crippen LogP contribution >= 0.6 is 0 Å². The van der Waals surface area contributed by atoms with Gasteiger partial charge in [0.1, 0.15) is 6.10 Å². The maximum absolute atomic E-state index is 13.8. The zero-order valence-corrected chi connectivity index (χ0v) is 9.12. The molecule has 4 atom stereocenters. The maximum Gasteiger partial charge on any atom is 0.330 e. The minimum absolute atomic E-state index is 0.647. The number of hydrogen-bond donors (Lipinski definition) is 4. The second-order valence-corrected chi connectivity index (χ2v) is 4.03. The van der Waals surface area contributed by atoms with Crippen molar-refractivity contribution in [1.82, 2.24) is 9.55 Å². The van der Waals surface area contributed by atoms with E-state index in [2.05, 4.69) is 0 Å². The third kappa shape index (κ3) is 1.86. The molecule has 1 unspecified atom stereocenters. The van der Waals surface area contributed by atoms with Crippen LogP contribution in [0, 0.1) is 0 Å². The summed E-state index contributed by atoms with van der Waals surface area (Å²) in [5, 5.41) is 18.5. The van der Waals surface area contributed by atoms with Gasteiger partial charge >= 0.3 is 5.69 Å². The van der Waals surface area contributed by atoms with Crippen LogP contribution in [0.5, 0.6) is 0 Å². The van der Waals surface area contributed by atoms with Crippen LogP contribution in [0.25, 0.3) is 0 Å². The van der Waals surface area contributed by atoms with Crippen LogP contribution in [0.15, 0.2) is 21.9 Å². The Labute approximate surface area is 99.4 Å². The van der Waals surface area contributed by atoms with Crippen LogP contribution in [-0.2, 0) is 4.74 Å². The molecule has 5 N–H and O–H groups in total. The highest BCUT2D eigenvalue weighted by atomic mass is 19.1. The van der Waals surface area contributed by atoms with Gasteiger partial charge in [0, 0.05) is 12.3 Å². The number of nitrogens with one attached hydrogen (secondary N) is 1. The molecule has 1 aliphatic heterocycles. The largest absolute Gasteiger partial charge is 0.392 e. The molecule has 0 aliphatic carbocycles. The number of aromatic nitrogens is 2. The molecule has 2 rings (SSSR count). The second kappa shape index (κ2) is 4.28. The average molecular weight is 261 g/mol. The van der Waals surface area contributed by atoms with Crippen LogP contribution in [0.3, 0.4) is 0 Å².